The molecule has 5 heteroatoms. The van der Waals surface area contributed by atoms with Crippen molar-refractivity contribution >= 4 is 5.91 Å². The summed E-state index contributed by atoms with van der Waals surface area (Å²) in [5.74, 6) is 0.231. The topological polar surface area (TPSA) is 47.6 Å². The molecule has 1 amide bonds. The van der Waals surface area contributed by atoms with E-state index in [0.29, 0.717) is 18.1 Å². The van der Waals surface area contributed by atoms with Gasteiger partial charge >= 0.3 is 0 Å². The molecule has 3 unspecified atom stereocenters. The monoisotopic (exact) mass is 326 g/mol. The minimum absolute atomic E-state index is 0.231. The Morgan fingerprint density at radius 2 is 2.17 bits per heavy atom. The van der Waals surface area contributed by atoms with Crippen LogP contribution in [0.5, 0.6) is 0 Å². The van der Waals surface area contributed by atoms with E-state index in [-0.39, 0.29) is 5.91 Å². The number of piperazine rings is 1. The summed E-state index contributed by atoms with van der Waals surface area (Å²) in [6.07, 6.45) is 3.59. The number of hydrogen-bond donors (Lipinski definition) is 2. The zero-order valence-electron chi connectivity index (χ0n) is 14.1. The third kappa shape index (κ3) is 2.46. The van der Waals surface area contributed by atoms with Crippen molar-refractivity contribution in [2.24, 2.45) is 0 Å². The molecule has 0 aromatic heterocycles. The van der Waals surface area contributed by atoms with E-state index in [1.165, 1.54) is 30.5 Å². The average molecular weight is 326 g/mol. The van der Waals surface area contributed by atoms with Gasteiger partial charge in [0, 0.05) is 56.4 Å². The first-order valence-electron chi connectivity index (χ1n) is 9.39. The molecular formula is C19H26N4O. The van der Waals surface area contributed by atoms with Crippen LogP contribution in [0.15, 0.2) is 18.2 Å². The van der Waals surface area contributed by atoms with Crippen molar-refractivity contribution in [3.8, 4) is 0 Å². The molecule has 1 aromatic rings. The van der Waals surface area contributed by atoms with Crippen LogP contribution in [-0.4, -0.2) is 60.0 Å². The Morgan fingerprint density at radius 3 is 2.92 bits per heavy atom. The largest absolute Gasteiger partial charge is 0.330 e. The van der Waals surface area contributed by atoms with Crippen molar-refractivity contribution in [3.63, 3.8) is 0 Å². The van der Waals surface area contributed by atoms with Crippen LogP contribution in [0.3, 0.4) is 0 Å². The van der Waals surface area contributed by atoms with Gasteiger partial charge in [-0.1, -0.05) is 12.1 Å². The minimum Gasteiger partial charge on any atom is -0.330 e. The van der Waals surface area contributed by atoms with Crippen molar-refractivity contribution in [2.45, 2.75) is 50.5 Å². The quantitative estimate of drug-likeness (QED) is 0.868. The standard InChI is InChI=1S/C19H26N4O/c24-19-18-4-3-13(10-22-12-15-7-17(22)9-21-15)6-14(18)11-23(19)16-2-1-5-20-8-16/h3-4,6,15-17,20-21H,1-2,5,7-12H2. The molecule has 0 saturated carbocycles. The molecular weight excluding hydrogens is 300 g/mol. The van der Waals surface area contributed by atoms with Gasteiger partial charge in [0.05, 0.1) is 0 Å². The Balaban J connectivity index is 1.31. The summed E-state index contributed by atoms with van der Waals surface area (Å²) in [5.41, 5.74) is 3.51. The van der Waals surface area contributed by atoms with Gasteiger partial charge in [0.25, 0.3) is 5.91 Å². The van der Waals surface area contributed by atoms with Crippen molar-refractivity contribution in [2.75, 3.05) is 26.2 Å². The maximum absolute atomic E-state index is 12.7. The molecule has 0 radical (unpaired) electrons. The first-order valence-corrected chi connectivity index (χ1v) is 9.39. The van der Waals surface area contributed by atoms with Crippen molar-refractivity contribution in [1.29, 1.82) is 0 Å². The Morgan fingerprint density at radius 1 is 1.21 bits per heavy atom. The van der Waals surface area contributed by atoms with E-state index in [1.807, 2.05) is 0 Å². The number of piperidine rings is 1. The number of amides is 1. The first kappa shape index (κ1) is 14.9. The summed E-state index contributed by atoms with van der Waals surface area (Å²) in [5, 5.41) is 6.99. The minimum atomic E-state index is 0.231. The lowest BCUT2D eigenvalue weighted by molar-refractivity contribution is 0.0674. The van der Waals surface area contributed by atoms with E-state index in [9.17, 15) is 4.79 Å². The average Bonchev–Trinajstić information content (AvgIpc) is 3.30. The Labute approximate surface area is 143 Å². The van der Waals surface area contributed by atoms with Crippen LogP contribution in [0.25, 0.3) is 0 Å². The van der Waals surface area contributed by atoms with Gasteiger partial charge in [0.2, 0.25) is 0 Å². The molecule has 4 aliphatic heterocycles. The second-order valence-electron chi connectivity index (χ2n) is 7.85. The van der Waals surface area contributed by atoms with E-state index < -0.39 is 0 Å². The lowest BCUT2D eigenvalue weighted by Crippen LogP contribution is -2.46. The van der Waals surface area contributed by atoms with E-state index in [0.717, 1.165) is 44.7 Å². The van der Waals surface area contributed by atoms with Crippen molar-refractivity contribution < 1.29 is 4.79 Å². The highest BCUT2D eigenvalue weighted by Gasteiger charge is 2.38. The predicted octanol–water partition coefficient (Wildman–Crippen LogP) is 0.940. The maximum atomic E-state index is 12.7. The van der Waals surface area contributed by atoms with E-state index >= 15 is 0 Å². The van der Waals surface area contributed by atoms with E-state index in [4.69, 9.17) is 0 Å². The molecule has 3 atom stereocenters. The number of rotatable bonds is 3. The van der Waals surface area contributed by atoms with Crippen LogP contribution in [0.4, 0.5) is 0 Å². The number of fused-ring (bicyclic) bond motifs is 3. The van der Waals surface area contributed by atoms with Gasteiger partial charge in [-0.25, -0.2) is 0 Å². The molecule has 5 rings (SSSR count). The lowest BCUT2D eigenvalue weighted by atomic mass is 10.1. The van der Waals surface area contributed by atoms with Gasteiger partial charge in [0.15, 0.2) is 0 Å². The third-order valence-electron chi connectivity index (χ3n) is 6.27. The number of nitrogens with one attached hydrogen (secondary N) is 2. The van der Waals surface area contributed by atoms with Crippen LogP contribution in [0.1, 0.15) is 40.7 Å². The maximum Gasteiger partial charge on any atom is 0.254 e. The summed E-state index contributed by atoms with van der Waals surface area (Å²) in [4.78, 5) is 17.4. The van der Waals surface area contributed by atoms with Gasteiger partial charge < -0.3 is 15.5 Å². The smallest absolute Gasteiger partial charge is 0.254 e. The molecule has 5 nitrogen and oxygen atoms in total. The number of likely N-dealkylation sites (tertiary alicyclic amines) is 1. The summed E-state index contributed by atoms with van der Waals surface area (Å²) in [6, 6.07) is 8.27. The van der Waals surface area contributed by atoms with Gasteiger partial charge in [-0.3, -0.25) is 9.69 Å². The number of carbonyl (C=O) groups is 1. The molecule has 0 spiro atoms. The SMILES string of the molecule is O=C1c2ccc(CN3CC4CC3CN4)cc2CN1C1CCCNC1. The Bertz CT molecular complexity index is 655. The third-order valence-corrected chi connectivity index (χ3v) is 6.27. The lowest BCUT2D eigenvalue weighted by Gasteiger charge is -2.31. The fourth-order valence-corrected chi connectivity index (χ4v) is 4.96. The molecule has 1 aromatic carbocycles. The van der Waals surface area contributed by atoms with Crippen LogP contribution in [-0.2, 0) is 13.1 Å². The fourth-order valence-electron chi connectivity index (χ4n) is 4.96. The van der Waals surface area contributed by atoms with Gasteiger partial charge in [-0.05, 0) is 43.0 Å². The molecule has 4 aliphatic rings. The molecule has 2 N–H and O–H groups in total. The van der Waals surface area contributed by atoms with Gasteiger partial charge in [0.1, 0.15) is 0 Å². The zero-order chi connectivity index (χ0) is 16.1. The molecule has 128 valence electrons. The summed E-state index contributed by atoms with van der Waals surface area (Å²) >= 11 is 0. The summed E-state index contributed by atoms with van der Waals surface area (Å²) in [7, 11) is 0. The molecule has 24 heavy (non-hydrogen) atoms. The molecule has 3 fully saturated rings. The predicted molar refractivity (Wildman–Crippen MR) is 92.8 cm³/mol. The van der Waals surface area contributed by atoms with Crippen LogP contribution in [0, 0.1) is 0 Å². The number of nitrogens with zero attached hydrogens (tertiary/aromatic N) is 2. The Hall–Kier alpha value is -1.43. The number of carbonyl (C=O) groups excluding carboxylic acids is 1. The zero-order valence-corrected chi connectivity index (χ0v) is 14.1. The van der Waals surface area contributed by atoms with Crippen LogP contribution >= 0.6 is 0 Å². The fraction of sp³-hybridized carbons (Fsp3) is 0.632. The number of benzene rings is 1. The van der Waals surface area contributed by atoms with Crippen LogP contribution < -0.4 is 10.6 Å². The summed E-state index contributed by atoms with van der Waals surface area (Å²) < 4.78 is 0. The Kier molecular flexibility index (Phi) is 3.61. The van der Waals surface area contributed by atoms with Crippen molar-refractivity contribution in [3.05, 3.63) is 34.9 Å². The van der Waals surface area contributed by atoms with Crippen molar-refractivity contribution in [1.82, 2.24) is 20.4 Å². The summed E-state index contributed by atoms with van der Waals surface area (Å²) in [6.45, 7) is 6.15. The molecule has 4 heterocycles. The van der Waals surface area contributed by atoms with E-state index in [1.54, 1.807) is 0 Å². The number of hydrogen-bond acceptors (Lipinski definition) is 4. The van der Waals surface area contributed by atoms with E-state index in [2.05, 4.69) is 38.6 Å². The first-order chi connectivity index (χ1) is 11.8. The van der Waals surface area contributed by atoms with Crippen LogP contribution in [0.2, 0.25) is 0 Å². The highest BCUT2D eigenvalue weighted by molar-refractivity contribution is 5.98. The highest BCUT2D eigenvalue weighted by atomic mass is 16.2. The molecule has 3 saturated heterocycles. The normalized spacial score (nSPS) is 32.6. The molecule has 0 aliphatic carbocycles. The highest BCUT2D eigenvalue weighted by Crippen LogP contribution is 2.30. The second kappa shape index (κ2) is 5.83. The van der Waals surface area contributed by atoms with Gasteiger partial charge in [-0.2, -0.15) is 0 Å². The van der Waals surface area contributed by atoms with Gasteiger partial charge in [-0.15, -0.1) is 0 Å². The second-order valence-corrected chi connectivity index (χ2v) is 7.85. The molecule has 2 bridgehead atoms.